The highest BCUT2D eigenvalue weighted by molar-refractivity contribution is 5.64. The third-order valence-corrected chi connectivity index (χ3v) is 2.24. The van der Waals surface area contributed by atoms with Crippen molar-refractivity contribution in [1.29, 1.82) is 0 Å². The number of carbonyl (C=O) groups is 1. The van der Waals surface area contributed by atoms with E-state index in [1.807, 2.05) is 30.3 Å². The zero-order chi connectivity index (χ0) is 15.0. The fraction of sp³-hybridized carbons (Fsp3) is 0.0714. The second-order valence-electron chi connectivity index (χ2n) is 3.83. The van der Waals surface area contributed by atoms with Crippen molar-refractivity contribution in [3.63, 3.8) is 0 Å². The number of amides is 1. The molecule has 2 aromatic carbocycles. The van der Waals surface area contributed by atoms with Crippen LogP contribution >= 0.6 is 0 Å². The lowest BCUT2D eigenvalue weighted by Crippen LogP contribution is -2.35. The van der Waals surface area contributed by atoms with Crippen LogP contribution in [-0.2, 0) is 6.54 Å². The highest BCUT2D eigenvalue weighted by Crippen LogP contribution is 2.00. The topological polar surface area (TPSA) is 66.6 Å². The van der Waals surface area contributed by atoms with Crippen LogP contribution in [0.3, 0.4) is 0 Å². The molecule has 0 aromatic heterocycles. The first-order valence-electron chi connectivity index (χ1n) is 5.69. The largest absolute Gasteiger partial charge is 0.464 e. The molecule has 0 unspecified atom stereocenters. The van der Waals surface area contributed by atoms with Crippen LogP contribution in [0.2, 0.25) is 0 Å². The Kier molecular flexibility index (Phi) is 6.12. The van der Waals surface area contributed by atoms with E-state index in [1.54, 1.807) is 0 Å². The molecule has 6 heteroatoms. The fourth-order valence-corrected chi connectivity index (χ4v) is 1.28. The van der Waals surface area contributed by atoms with E-state index in [1.165, 1.54) is 0 Å². The Balaban J connectivity index is 0.000000217. The SMILES string of the molecule is Fc1ccc(F)cc1.NN(Cc1ccccc1)C(=O)O. The van der Waals surface area contributed by atoms with Gasteiger partial charge in [0.25, 0.3) is 0 Å². The fourth-order valence-electron chi connectivity index (χ4n) is 1.28. The van der Waals surface area contributed by atoms with E-state index in [9.17, 15) is 13.6 Å². The van der Waals surface area contributed by atoms with Gasteiger partial charge in [0.05, 0.1) is 6.54 Å². The Hall–Kier alpha value is -2.47. The van der Waals surface area contributed by atoms with Gasteiger partial charge in [-0.05, 0) is 29.8 Å². The van der Waals surface area contributed by atoms with Gasteiger partial charge < -0.3 is 5.11 Å². The van der Waals surface area contributed by atoms with Crippen molar-refractivity contribution in [3.8, 4) is 0 Å². The lowest BCUT2D eigenvalue weighted by atomic mass is 10.2. The minimum atomic E-state index is -1.13. The molecule has 3 N–H and O–H groups in total. The van der Waals surface area contributed by atoms with E-state index in [4.69, 9.17) is 10.9 Å². The summed E-state index contributed by atoms with van der Waals surface area (Å²) >= 11 is 0. The minimum Gasteiger partial charge on any atom is -0.464 e. The average molecular weight is 280 g/mol. The number of hydrazine groups is 1. The Labute approximate surface area is 115 Å². The smallest absolute Gasteiger partial charge is 0.421 e. The normalized spacial score (nSPS) is 9.35. The van der Waals surface area contributed by atoms with Gasteiger partial charge in [-0.3, -0.25) is 0 Å². The molecule has 0 aliphatic rings. The maximum absolute atomic E-state index is 11.9. The minimum absolute atomic E-state index is 0.218. The molecule has 0 aliphatic carbocycles. The summed E-state index contributed by atoms with van der Waals surface area (Å²) < 4.78 is 23.8. The summed E-state index contributed by atoms with van der Waals surface area (Å²) in [7, 11) is 0. The first kappa shape index (κ1) is 15.6. The van der Waals surface area contributed by atoms with Crippen LogP contribution in [0.5, 0.6) is 0 Å². The molecule has 20 heavy (non-hydrogen) atoms. The average Bonchev–Trinajstić information content (AvgIpc) is 2.44. The van der Waals surface area contributed by atoms with Crippen LogP contribution in [0.15, 0.2) is 54.6 Å². The van der Waals surface area contributed by atoms with Crippen LogP contribution in [0.25, 0.3) is 0 Å². The number of hydrogen-bond donors (Lipinski definition) is 2. The predicted molar refractivity (Wildman–Crippen MR) is 70.6 cm³/mol. The van der Waals surface area contributed by atoms with Crippen LogP contribution in [-0.4, -0.2) is 16.2 Å². The van der Waals surface area contributed by atoms with Gasteiger partial charge in [-0.1, -0.05) is 30.3 Å². The molecule has 0 heterocycles. The van der Waals surface area contributed by atoms with Crippen molar-refractivity contribution < 1.29 is 18.7 Å². The summed E-state index contributed by atoms with van der Waals surface area (Å²) in [5.74, 6) is 4.36. The van der Waals surface area contributed by atoms with E-state index in [0.29, 0.717) is 0 Å². The summed E-state index contributed by atoms with van der Waals surface area (Å²) in [4.78, 5) is 10.3. The van der Waals surface area contributed by atoms with Crippen LogP contribution in [0.4, 0.5) is 13.6 Å². The number of benzene rings is 2. The molecular formula is C14H14F2N2O2. The van der Waals surface area contributed by atoms with Gasteiger partial charge in [0.1, 0.15) is 11.6 Å². The molecule has 106 valence electrons. The Morgan fingerprint density at radius 2 is 1.45 bits per heavy atom. The number of carboxylic acid groups (broad SMARTS) is 1. The van der Waals surface area contributed by atoms with Gasteiger partial charge in [-0.15, -0.1) is 0 Å². The third kappa shape index (κ3) is 5.92. The van der Waals surface area contributed by atoms with Crippen molar-refractivity contribution in [2.75, 3.05) is 0 Å². The van der Waals surface area contributed by atoms with Crippen molar-refractivity contribution in [2.24, 2.45) is 5.84 Å². The van der Waals surface area contributed by atoms with E-state index in [2.05, 4.69) is 0 Å². The molecule has 0 atom stereocenters. The highest BCUT2D eigenvalue weighted by Gasteiger charge is 2.05. The second kappa shape index (κ2) is 7.85. The Bertz CT molecular complexity index is 512. The summed E-state index contributed by atoms with van der Waals surface area (Å²) in [5, 5.41) is 9.19. The zero-order valence-corrected chi connectivity index (χ0v) is 10.5. The van der Waals surface area contributed by atoms with Gasteiger partial charge in [0, 0.05) is 0 Å². The van der Waals surface area contributed by atoms with Gasteiger partial charge >= 0.3 is 6.09 Å². The molecule has 4 nitrogen and oxygen atoms in total. The molecule has 0 fully saturated rings. The lowest BCUT2D eigenvalue weighted by molar-refractivity contribution is 0.143. The number of halogens is 2. The van der Waals surface area contributed by atoms with Crippen molar-refractivity contribution in [3.05, 3.63) is 71.8 Å². The van der Waals surface area contributed by atoms with E-state index in [-0.39, 0.29) is 6.54 Å². The van der Waals surface area contributed by atoms with Gasteiger partial charge in [0.15, 0.2) is 0 Å². The first-order chi connectivity index (χ1) is 9.49. The van der Waals surface area contributed by atoms with Crippen molar-refractivity contribution in [2.45, 2.75) is 6.54 Å². The van der Waals surface area contributed by atoms with E-state index in [0.717, 1.165) is 34.8 Å². The maximum Gasteiger partial charge on any atom is 0.421 e. The molecule has 0 radical (unpaired) electrons. The van der Waals surface area contributed by atoms with Gasteiger partial charge in [0.2, 0.25) is 0 Å². The van der Waals surface area contributed by atoms with E-state index >= 15 is 0 Å². The van der Waals surface area contributed by atoms with Gasteiger partial charge in [-0.25, -0.2) is 24.4 Å². The predicted octanol–water partition coefficient (Wildman–Crippen LogP) is 3.01. The quantitative estimate of drug-likeness (QED) is 0.505. The van der Waals surface area contributed by atoms with Gasteiger partial charge in [-0.2, -0.15) is 0 Å². The first-order valence-corrected chi connectivity index (χ1v) is 5.69. The molecule has 0 aliphatic heterocycles. The summed E-state index contributed by atoms with van der Waals surface area (Å²) in [6.45, 7) is 0.218. The number of nitrogens with zero attached hydrogens (tertiary/aromatic N) is 1. The molecule has 2 aromatic rings. The standard InChI is InChI=1S/C8H10N2O2.C6H4F2/c9-10(8(11)12)6-7-4-2-1-3-5-7;7-5-1-2-6(8)4-3-5/h1-5H,6,9H2,(H,11,12);1-4H. The maximum atomic E-state index is 11.9. The van der Waals surface area contributed by atoms with Crippen LogP contribution in [0, 0.1) is 11.6 Å². The molecule has 2 rings (SSSR count). The lowest BCUT2D eigenvalue weighted by Gasteiger charge is -2.11. The molecule has 0 saturated carbocycles. The zero-order valence-electron chi connectivity index (χ0n) is 10.5. The van der Waals surface area contributed by atoms with Crippen LogP contribution < -0.4 is 5.84 Å². The summed E-state index contributed by atoms with van der Waals surface area (Å²) in [6, 6.07) is 13.5. The summed E-state index contributed by atoms with van der Waals surface area (Å²) in [5.41, 5.74) is 0.877. The Morgan fingerprint density at radius 1 is 1.00 bits per heavy atom. The van der Waals surface area contributed by atoms with E-state index < -0.39 is 17.7 Å². The summed E-state index contributed by atoms with van der Waals surface area (Å²) in [6.07, 6.45) is -1.13. The molecule has 1 amide bonds. The third-order valence-electron chi connectivity index (χ3n) is 2.24. The monoisotopic (exact) mass is 280 g/mol. The highest BCUT2D eigenvalue weighted by atomic mass is 19.1. The molecule has 0 spiro atoms. The number of nitrogens with two attached hydrogens (primary N) is 1. The second-order valence-corrected chi connectivity index (χ2v) is 3.83. The molecule has 0 saturated heterocycles. The van der Waals surface area contributed by atoms with Crippen molar-refractivity contribution >= 4 is 6.09 Å². The molecule has 0 bridgehead atoms. The number of hydrogen-bond acceptors (Lipinski definition) is 2. The Morgan fingerprint density at radius 3 is 1.85 bits per heavy atom. The molecular weight excluding hydrogens is 266 g/mol. The number of rotatable bonds is 2. The van der Waals surface area contributed by atoms with Crippen LogP contribution in [0.1, 0.15) is 5.56 Å². The van der Waals surface area contributed by atoms with Crippen molar-refractivity contribution in [1.82, 2.24) is 5.01 Å².